The van der Waals surface area contributed by atoms with Crippen molar-refractivity contribution in [1.29, 1.82) is 0 Å². The first-order chi connectivity index (χ1) is 27.5. The van der Waals surface area contributed by atoms with Crippen molar-refractivity contribution in [2.24, 2.45) is 5.92 Å². The second-order valence-electron chi connectivity index (χ2n) is 15.7. The molecule has 13 heteroatoms. The van der Waals surface area contributed by atoms with Gasteiger partial charge in [-0.25, -0.2) is 0 Å². The van der Waals surface area contributed by atoms with Crippen LogP contribution in [0.1, 0.15) is 35.7 Å². The van der Waals surface area contributed by atoms with Crippen LogP contribution in [-0.2, 0) is 45.9 Å². The van der Waals surface area contributed by atoms with E-state index in [1.165, 1.54) is 5.19 Å². The Morgan fingerprint density at radius 1 is 1.07 bits per heavy atom. The van der Waals surface area contributed by atoms with Crippen LogP contribution in [0.25, 0.3) is 10.9 Å². The van der Waals surface area contributed by atoms with Gasteiger partial charge in [0, 0.05) is 64.5 Å². The number of anilines is 2. The highest BCUT2D eigenvalue weighted by Gasteiger charge is 2.66. The number of amides is 2. The summed E-state index contributed by atoms with van der Waals surface area (Å²) >= 11 is 3.72. The average molecular weight is 848 g/mol. The molecular weight excluding hydrogens is 801 g/mol. The molecule has 11 nitrogen and oxygen atoms in total. The van der Waals surface area contributed by atoms with Crippen LogP contribution in [-0.4, -0.2) is 64.8 Å². The number of carbonyl (C=O) groups excluding carboxylic acids is 2. The normalized spacial score (nSPS) is 20.4. The number of aryl methyl sites for hydroxylation is 1. The number of carbonyl (C=O) groups is 2. The number of methoxy groups -OCH3 is 1. The standard InChI is InChI=1S/C44H47BrN6O5Si/c1-28-42(57(3,4)35-15-13-34(55-2)14-16-35)40(18-20-50-27-33(19-21-52)48-49-50)56-44(28)37-24-31(45)12-17-39(37)51(43(44)54)26-29-8-7-9-32(22-29)47-41(53)23-30-25-46-38-11-6-5-10-36(30)38/h5-17,22,24-25,27-28,40,42,46,52H,18-21,23,26H2,1-4H3,(H,47,53)/t28-,40+,42-,44+/m0/s1. The van der Waals surface area contributed by atoms with Crippen molar-refractivity contribution in [2.75, 3.05) is 23.9 Å². The number of nitrogens with one attached hydrogen (secondary N) is 2. The number of hydrogen-bond acceptors (Lipinski definition) is 7. The van der Waals surface area contributed by atoms with E-state index in [0.29, 0.717) is 31.6 Å². The van der Waals surface area contributed by atoms with E-state index in [1.807, 2.05) is 101 Å². The smallest absolute Gasteiger partial charge is 0.264 e. The third kappa shape index (κ3) is 7.22. The zero-order valence-electron chi connectivity index (χ0n) is 32.5. The number of fused-ring (bicyclic) bond motifs is 3. The first-order valence-corrected chi connectivity index (χ1v) is 23.3. The summed E-state index contributed by atoms with van der Waals surface area (Å²) in [5.74, 6) is 0.422. The van der Waals surface area contributed by atoms with Crippen molar-refractivity contribution >= 4 is 63.3 Å². The lowest BCUT2D eigenvalue weighted by Gasteiger charge is -2.37. The first-order valence-electron chi connectivity index (χ1n) is 19.4. The summed E-state index contributed by atoms with van der Waals surface area (Å²) in [5.41, 5.74) is 4.72. The molecule has 0 unspecified atom stereocenters. The van der Waals surface area contributed by atoms with Crippen LogP contribution >= 0.6 is 15.9 Å². The van der Waals surface area contributed by atoms with Gasteiger partial charge in [0.1, 0.15) is 5.75 Å². The van der Waals surface area contributed by atoms with Crippen molar-refractivity contribution in [3.63, 3.8) is 0 Å². The number of aliphatic hydroxyl groups excluding tert-OH is 1. The molecule has 1 saturated heterocycles. The van der Waals surface area contributed by atoms with Crippen LogP contribution in [0.3, 0.4) is 0 Å². The quantitative estimate of drug-likeness (QED) is 0.106. The zero-order chi connectivity index (χ0) is 39.9. The number of aromatic nitrogens is 4. The Hall–Kier alpha value is -5.08. The van der Waals surface area contributed by atoms with Gasteiger partial charge in [0.2, 0.25) is 5.91 Å². The molecule has 0 aliphatic carbocycles. The molecule has 4 atom stereocenters. The van der Waals surface area contributed by atoms with Gasteiger partial charge in [0.15, 0.2) is 5.60 Å². The molecule has 57 heavy (non-hydrogen) atoms. The summed E-state index contributed by atoms with van der Waals surface area (Å²) in [5, 5.41) is 23.4. The zero-order valence-corrected chi connectivity index (χ0v) is 35.1. The lowest BCUT2D eigenvalue weighted by atomic mass is 9.82. The summed E-state index contributed by atoms with van der Waals surface area (Å²) in [6, 6.07) is 30.0. The largest absolute Gasteiger partial charge is 0.497 e. The van der Waals surface area contributed by atoms with E-state index < -0.39 is 13.7 Å². The van der Waals surface area contributed by atoms with E-state index in [2.05, 4.69) is 68.7 Å². The third-order valence-electron chi connectivity index (χ3n) is 12.0. The van der Waals surface area contributed by atoms with Crippen LogP contribution in [0.2, 0.25) is 18.6 Å². The van der Waals surface area contributed by atoms with Gasteiger partial charge in [-0.3, -0.25) is 14.3 Å². The number of aromatic amines is 1. The second kappa shape index (κ2) is 15.7. The number of nitrogens with zero attached hydrogens (tertiary/aromatic N) is 4. The number of ether oxygens (including phenoxy) is 2. The van der Waals surface area contributed by atoms with E-state index in [9.17, 15) is 9.90 Å². The molecule has 4 aromatic carbocycles. The summed E-state index contributed by atoms with van der Waals surface area (Å²) in [7, 11) is -0.681. The monoisotopic (exact) mass is 846 g/mol. The molecule has 3 N–H and O–H groups in total. The molecule has 1 spiro atoms. The van der Waals surface area contributed by atoms with Crippen LogP contribution in [0.4, 0.5) is 11.4 Å². The third-order valence-corrected chi connectivity index (χ3v) is 16.8. The van der Waals surface area contributed by atoms with Crippen LogP contribution in [0.15, 0.2) is 108 Å². The minimum Gasteiger partial charge on any atom is -0.497 e. The van der Waals surface area contributed by atoms with Gasteiger partial charge in [-0.1, -0.05) is 88.8 Å². The maximum Gasteiger partial charge on any atom is 0.264 e. The molecule has 2 aliphatic heterocycles. The number of hydrogen-bond donors (Lipinski definition) is 3. The SMILES string of the molecule is COc1ccc([Si](C)(C)[C@@H]2[C@@H](CCn3cc(CCO)nn3)O[C@]3(C(=O)N(Cc4cccc(NC(=O)Cc5c[nH]c6ccccc56)c4)c4ccc(Br)cc43)[C@H]2C)cc1. The Morgan fingerprint density at radius 2 is 1.88 bits per heavy atom. The maximum atomic E-state index is 15.3. The summed E-state index contributed by atoms with van der Waals surface area (Å²) in [6.07, 6.45) is 4.80. The van der Waals surface area contributed by atoms with E-state index >= 15 is 4.79 Å². The van der Waals surface area contributed by atoms with Crippen LogP contribution < -0.4 is 20.1 Å². The number of para-hydroxylation sites is 1. The molecule has 8 rings (SSSR count). The van der Waals surface area contributed by atoms with Gasteiger partial charge in [-0.2, -0.15) is 0 Å². The highest BCUT2D eigenvalue weighted by molar-refractivity contribution is 9.10. The second-order valence-corrected chi connectivity index (χ2v) is 21.3. The van der Waals surface area contributed by atoms with E-state index in [-0.39, 0.29) is 42.4 Å². The van der Waals surface area contributed by atoms with Gasteiger partial charge in [0.25, 0.3) is 5.91 Å². The number of H-pyrrole nitrogens is 1. The molecular formula is C44H47BrN6O5Si. The summed E-state index contributed by atoms with van der Waals surface area (Å²) in [4.78, 5) is 33.7. The maximum absolute atomic E-state index is 15.3. The molecule has 294 valence electrons. The van der Waals surface area contributed by atoms with Gasteiger partial charge < -0.3 is 29.8 Å². The first kappa shape index (κ1) is 38.8. The van der Waals surface area contributed by atoms with Gasteiger partial charge in [-0.05, 0) is 71.6 Å². The predicted molar refractivity (Wildman–Crippen MR) is 227 cm³/mol. The molecule has 0 bridgehead atoms. The van der Waals surface area contributed by atoms with Crippen molar-refractivity contribution in [3.05, 3.63) is 130 Å². The molecule has 2 aliphatic rings. The van der Waals surface area contributed by atoms with E-state index in [4.69, 9.17) is 9.47 Å². The molecule has 2 aromatic heterocycles. The molecule has 1 fully saturated rings. The lowest BCUT2D eigenvalue weighted by Crippen LogP contribution is -2.51. The number of aliphatic hydroxyl groups is 1. The molecule has 0 saturated carbocycles. The van der Waals surface area contributed by atoms with Crippen molar-refractivity contribution < 1.29 is 24.2 Å². The van der Waals surface area contributed by atoms with Gasteiger partial charge >= 0.3 is 0 Å². The van der Waals surface area contributed by atoms with Crippen LogP contribution in [0.5, 0.6) is 5.75 Å². The van der Waals surface area contributed by atoms with E-state index in [0.717, 1.165) is 49.2 Å². The Balaban J connectivity index is 1.09. The number of halogens is 1. The number of rotatable bonds is 13. The Labute approximate surface area is 341 Å². The minimum atomic E-state index is -2.35. The number of benzene rings is 4. The fourth-order valence-electron chi connectivity index (χ4n) is 9.24. The minimum absolute atomic E-state index is 0.00645. The van der Waals surface area contributed by atoms with E-state index in [1.54, 1.807) is 7.11 Å². The van der Waals surface area contributed by atoms with Crippen molar-refractivity contribution in [2.45, 2.75) is 69.6 Å². The van der Waals surface area contributed by atoms with Crippen molar-refractivity contribution in [3.8, 4) is 5.75 Å². The summed E-state index contributed by atoms with van der Waals surface area (Å²) < 4.78 is 15.5. The Bertz CT molecular complexity index is 2430. The summed E-state index contributed by atoms with van der Waals surface area (Å²) in [6.45, 7) is 7.80. The van der Waals surface area contributed by atoms with Gasteiger partial charge in [0.05, 0.1) is 45.6 Å². The van der Waals surface area contributed by atoms with Gasteiger partial charge in [-0.15, -0.1) is 5.10 Å². The average Bonchev–Trinajstić information content (AvgIpc) is 3.96. The fourth-order valence-corrected chi connectivity index (χ4v) is 13.7. The van der Waals surface area contributed by atoms with Crippen LogP contribution in [0, 0.1) is 5.92 Å². The Kier molecular flexibility index (Phi) is 10.7. The predicted octanol–water partition coefficient (Wildman–Crippen LogP) is 7.10. The molecule has 4 heterocycles. The van der Waals surface area contributed by atoms with Crippen molar-refractivity contribution in [1.82, 2.24) is 20.0 Å². The topological polar surface area (TPSA) is 135 Å². The lowest BCUT2D eigenvalue weighted by molar-refractivity contribution is -0.146. The fraction of sp³-hybridized carbons (Fsp3) is 0.318. The molecule has 6 aromatic rings. The highest BCUT2D eigenvalue weighted by Crippen LogP contribution is 2.60. The molecule has 2 amide bonds. The molecule has 0 radical (unpaired) electrons. The highest BCUT2D eigenvalue weighted by atomic mass is 79.9. The Morgan fingerprint density at radius 3 is 2.67 bits per heavy atom.